The Kier molecular flexibility index (Phi) is 6.34. The molecule has 1 N–H and O–H groups in total. The lowest BCUT2D eigenvalue weighted by atomic mass is 9.75. The first-order valence-electron chi connectivity index (χ1n) is 10.4. The molecule has 0 bridgehead atoms. The van der Waals surface area contributed by atoms with Gasteiger partial charge in [0, 0.05) is 6.04 Å². The van der Waals surface area contributed by atoms with E-state index >= 15 is 0 Å². The van der Waals surface area contributed by atoms with Crippen LogP contribution in [0.25, 0.3) is 0 Å². The van der Waals surface area contributed by atoms with Crippen LogP contribution >= 0.6 is 0 Å². The molecule has 0 amide bonds. The van der Waals surface area contributed by atoms with Crippen LogP contribution in [0.5, 0.6) is 0 Å². The molecule has 0 radical (unpaired) electrons. The van der Waals surface area contributed by atoms with Crippen molar-refractivity contribution in [2.45, 2.75) is 70.6 Å². The van der Waals surface area contributed by atoms with Crippen LogP contribution in [0.15, 0.2) is 18.2 Å². The number of esters is 1. The lowest BCUT2D eigenvalue weighted by molar-refractivity contribution is -0.152. The second-order valence-corrected chi connectivity index (χ2v) is 11.5. The van der Waals surface area contributed by atoms with Gasteiger partial charge >= 0.3 is 13.1 Å². The van der Waals surface area contributed by atoms with Crippen LogP contribution < -0.4 is 10.2 Å². The first kappa shape index (κ1) is 24.2. The lowest BCUT2D eigenvalue weighted by Gasteiger charge is -2.32. The van der Waals surface area contributed by atoms with Crippen molar-refractivity contribution in [3.05, 3.63) is 29.6 Å². The van der Waals surface area contributed by atoms with E-state index in [4.69, 9.17) is 14.0 Å². The number of carbonyl (C=O) groups excluding carboxylic acids is 1. The Bertz CT molecular complexity index is 951. The number of sulfonamides is 1. The molecular formula is C21H31BFNO6S. The highest BCUT2D eigenvalue weighted by Gasteiger charge is 2.52. The van der Waals surface area contributed by atoms with Crippen LogP contribution in [-0.4, -0.2) is 52.1 Å². The Morgan fingerprint density at radius 3 is 2.42 bits per heavy atom. The first-order valence-corrected chi connectivity index (χ1v) is 12.3. The molecule has 1 aromatic carbocycles. The Morgan fingerprint density at radius 1 is 1.26 bits per heavy atom. The summed E-state index contributed by atoms with van der Waals surface area (Å²) in [6.07, 6.45) is 2.29. The minimum absolute atomic E-state index is 0.0980. The highest BCUT2D eigenvalue weighted by molar-refractivity contribution is 7.88. The Labute approximate surface area is 184 Å². The molecule has 7 nitrogen and oxygen atoms in total. The van der Waals surface area contributed by atoms with Gasteiger partial charge in [0.15, 0.2) is 0 Å². The quantitative estimate of drug-likeness (QED) is 0.521. The molecule has 172 valence electrons. The van der Waals surface area contributed by atoms with Gasteiger partial charge < -0.3 is 14.0 Å². The molecule has 1 saturated heterocycles. The van der Waals surface area contributed by atoms with E-state index in [1.165, 1.54) is 13.2 Å². The van der Waals surface area contributed by atoms with E-state index in [-0.39, 0.29) is 12.8 Å². The van der Waals surface area contributed by atoms with Crippen LogP contribution in [0.4, 0.5) is 4.39 Å². The smallest absolute Gasteiger partial charge is 0.469 e. The highest BCUT2D eigenvalue weighted by atomic mass is 32.2. The predicted octanol–water partition coefficient (Wildman–Crippen LogP) is 1.93. The normalized spacial score (nSPS) is 27.5. The molecule has 31 heavy (non-hydrogen) atoms. The molecular weight excluding hydrogens is 424 g/mol. The van der Waals surface area contributed by atoms with Crippen molar-refractivity contribution in [2.24, 2.45) is 5.41 Å². The predicted molar refractivity (Wildman–Crippen MR) is 116 cm³/mol. The minimum Gasteiger partial charge on any atom is -0.469 e. The van der Waals surface area contributed by atoms with Crippen molar-refractivity contribution >= 4 is 28.6 Å². The van der Waals surface area contributed by atoms with E-state index in [1.807, 2.05) is 27.7 Å². The third kappa shape index (κ3) is 4.97. The van der Waals surface area contributed by atoms with E-state index < -0.39 is 51.6 Å². The number of hydrogen-bond acceptors (Lipinski definition) is 6. The largest absolute Gasteiger partial charge is 0.494 e. The van der Waals surface area contributed by atoms with Gasteiger partial charge in [-0.3, -0.25) is 4.79 Å². The third-order valence-corrected chi connectivity index (χ3v) is 7.49. The lowest BCUT2D eigenvalue weighted by Crippen LogP contribution is -2.41. The number of carbonyl (C=O) groups is 1. The summed E-state index contributed by atoms with van der Waals surface area (Å²) in [5.41, 5.74) is -1.06. The summed E-state index contributed by atoms with van der Waals surface area (Å²) in [5, 5.41) is 0. The summed E-state index contributed by atoms with van der Waals surface area (Å²) in [7, 11) is -2.78. The maximum absolute atomic E-state index is 14.8. The molecule has 1 heterocycles. The fourth-order valence-electron chi connectivity index (χ4n) is 4.38. The molecule has 1 saturated carbocycles. The molecule has 1 aliphatic heterocycles. The molecule has 1 aliphatic carbocycles. The van der Waals surface area contributed by atoms with E-state index in [0.29, 0.717) is 23.9 Å². The summed E-state index contributed by atoms with van der Waals surface area (Å²) in [5.74, 6) is -0.909. The highest BCUT2D eigenvalue weighted by Crippen LogP contribution is 2.43. The number of ether oxygens (including phenoxy) is 1. The SMILES string of the molecule is COC(=O)[C@@]1(Cc2cc(B3OC(C)(C)C(C)(C)O3)ccc2F)CC[C@H](NS(C)(=O)=O)C1. The summed E-state index contributed by atoms with van der Waals surface area (Å²) in [6.45, 7) is 7.77. The molecule has 10 heteroatoms. The van der Waals surface area contributed by atoms with Crippen LogP contribution in [0, 0.1) is 11.2 Å². The maximum atomic E-state index is 14.8. The summed E-state index contributed by atoms with van der Waals surface area (Å²) >= 11 is 0. The number of rotatable bonds is 6. The Balaban J connectivity index is 1.88. The zero-order valence-electron chi connectivity index (χ0n) is 19.0. The average Bonchev–Trinajstić information content (AvgIpc) is 3.12. The van der Waals surface area contributed by atoms with Gasteiger partial charge in [-0.25, -0.2) is 17.5 Å². The van der Waals surface area contributed by atoms with Gasteiger partial charge in [0.1, 0.15) is 5.82 Å². The van der Waals surface area contributed by atoms with Crippen LogP contribution in [0.3, 0.4) is 0 Å². The summed E-state index contributed by atoms with van der Waals surface area (Å²) in [4.78, 5) is 12.7. The third-order valence-electron chi connectivity index (χ3n) is 6.73. The van der Waals surface area contributed by atoms with Gasteiger partial charge in [0.05, 0.1) is 30.0 Å². The topological polar surface area (TPSA) is 90.9 Å². The Hall–Kier alpha value is -1.49. The molecule has 1 aromatic rings. The van der Waals surface area contributed by atoms with Crippen LogP contribution in [0.2, 0.25) is 0 Å². The van der Waals surface area contributed by atoms with E-state index in [0.717, 1.165) is 6.26 Å². The van der Waals surface area contributed by atoms with Gasteiger partial charge in [-0.2, -0.15) is 0 Å². The van der Waals surface area contributed by atoms with Crippen LogP contribution in [-0.2, 0) is 35.3 Å². The van der Waals surface area contributed by atoms with Crippen molar-refractivity contribution in [1.82, 2.24) is 4.72 Å². The number of benzene rings is 1. The first-order chi connectivity index (χ1) is 14.2. The molecule has 3 rings (SSSR count). The van der Waals surface area contributed by atoms with E-state index in [2.05, 4.69) is 4.72 Å². The van der Waals surface area contributed by atoms with E-state index in [1.54, 1.807) is 12.1 Å². The Morgan fingerprint density at radius 2 is 1.87 bits per heavy atom. The van der Waals surface area contributed by atoms with Gasteiger partial charge in [-0.1, -0.05) is 12.1 Å². The average molecular weight is 455 g/mol. The second kappa shape index (κ2) is 8.13. The fourth-order valence-corrected chi connectivity index (χ4v) is 5.19. The number of halogens is 1. The summed E-state index contributed by atoms with van der Waals surface area (Å²) in [6, 6.07) is 4.24. The van der Waals surface area contributed by atoms with Crippen molar-refractivity contribution in [1.29, 1.82) is 0 Å². The maximum Gasteiger partial charge on any atom is 0.494 e. The van der Waals surface area contributed by atoms with Gasteiger partial charge in [0.25, 0.3) is 0 Å². The molecule has 0 aromatic heterocycles. The standard InChI is InChI=1S/C21H31BFNO6S/c1-19(2)20(3,4)30-22(29-19)15-7-8-17(23)14(11-15)12-21(18(25)28-5)10-9-16(13-21)24-31(6,26)27/h7-8,11,16,24H,9-10,12-13H2,1-6H3/t16-,21+/m0/s1. The van der Waals surface area contributed by atoms with Crippen LogP contribution in [0.1, 0.15) is 52.5 Å². The van der Waals surface area contributed by atoms with Gasteiger partial charge in [-0.05, 0) is 70.5 Å². The second-order valence-electron chi connectivity index (χ2n) is 9.72. The van der Waals surface area contributed by atoms with Crippen molar-refractivity contribution in [2.75, 3.05) is 13.4 Å². The van der Waals surface area contributed by atoms with Gasteiger partial charge in [0.2, 0.25) is 10.0 Å². The van der Waals surface area contributed by atoms with Crippen molar-refractivity contribution in [3.63, 3.8) is 0 Å². The van der Waals surface area contributed by atoms with E-state index in [9.17, 15) is 17.6 Å². The number of nitrogens with one attached hydrogen (secondary N) is 1. The number of hydrogen-bond donors (Lipinski definition) is 1. The summed E-state index contributed by atoms with van der Waals surface area (Å²) < 4.78 is 57.8. The zero-order valence-corrected chi connectivity index (χ0v) is 19.8. The van der Waals surface area contributed by atoms with Gasteiger partial charge in [-0.15, -0.1) is 0 Å². The molecule has 2 atom stereocenters. The molecule has 0 unspecified atom stereocenters. The molecule has 2 aliphatic rings. The number of methoxy groups -OCH3 is 1. The fraction of sp³-hybridized carbons (Fsp3) is 0.667. The van der Waals surface area contributed by atoms with Crippen molar-refractivity contribution < 1.29 is 31.6 Å². The molecule has 0 spiro atoms. The zero-order chi connectivity index (χ0) is 23.2. The molecule has 2 fully saturated rings. The minimum atomic E-state index is -3.42. The monoisotopic (exact) mass is 455 g/mol. The van der Waals surface area contributed by atoms with Crippen molar-refractivity contribution in [3.8, 4) is 0 Å².